The van der Waals surface area contributed by atoms with Crippen LogP contribution in [0.1, 0.15) is 52.4 Å². The molecule has 1 fully saturated rings. The van der Waals surface area contributed by atoms with Gasteiger partial charge in [0, 0.05) is 17.7 Å². The summed E-state index contributed by atoms with van der Waals surface area (Å²) < 4.78 is 31.6. The number of thioether (sulfide) groups is 1. The largest absolute Gasteiger partial charge is 0.463 e. The molecule has 10 nitrogen and oxygen atoms in total. The summed E-state index contributed by atoms with van der Waals surface area (Å²) in [6, 6.07) is 0.192. The quantitative estimate of drug-likeness (QED) is 0.174. The van der Waals surface area contributed by atoms with Crippen LogP contribution in [0.25, 0.3) is 0 Å². The highest BCUT2D eigenvalue weighted by molar-refractivity contribution is 8.02. The van der Waals surface area contributed by atoms with Gasteiger partial charge in [0.1, 0.15) is 19.0 Å². The number of allylic oxidation sites excluding steroid dienone is 1. The molecule has 1 aliphatic carbocycles. The number of ketones is 1. The van der Waals surface area contributed by atoms with Gasteiger partial charge in [-0.1, -0.05) is 6.08 Å². The van der Waals surface area contributed by atoms with E-state index in [4.69, 9.17) is 28.4 Å². The second-order valence-electron chi connectivity index (χ2n) is 8.23. The lowest BCUT2D eigenvalue weighted by atomic mass is 9.95. The van der Waals surface area contributed by atoms with Crippen molar-refractivity contribution in [3.8, 4) is 0 Å². The Morgan fingerprint density at radius 2 is 1.25 bits per heavy atom. The van der Waals surface area contributed by atoms with Crippen LogP contribution in [0.15, 0.2) is 11.5 Å². The lowest BCUT2D eigenvalue weighted by Gasteiger charge is -2.27. The SMILES string of the molecule is C/C=C\SC1CCC(NC(=O)OCCOCCOCCOCCOCCOC(=O)CCC(C)=O)CC1. The summed E-state index contributed by atoms with van der Waals surface area (Å²) in [6.07, 6.45) is 6.15. The average molecular weight is 534 g/mol. The molecule has 1 aliphatic rings. The monoisotopic (exact) mass is 533 g/mol. The Bertz CT molecular complexity index is 625. The van der Waals surface area contributed by atoms with Gasteiger partial charge in [0.05, 0.1) is 59.3 Å². The van der Waals surface area contributed by atoms with Crippen LogP contribution in [-0.2, 0) is 38.0 Å². The van der Waals surface area contributed by atoms with E-state index in [1.165, 1.54) is 6.92 Å². The fourth-order valence-corrected chi connectivity index (χ4v) is 4.18. The van der Waals surface area contributed by atoms with Crippen molar-refractivity contribution in [3.05, 3.63) is 11.5 Å². The second-order valence-corrected chi connectivity index (χ2v) is 9.44. The number of hydrogen-bond donors (Lipinski definition) is 1. The number of carbonyl (C=O) groups excluding carboxylic acids is 3. The van der Waals surface area contributed by atoms with Gasteiger partial charge in [0.25, 0.3) is 0 Å². The predicted molar refractivity (Wildman–Crippen MR) is 137 cm³/mol. The smallest absolute Gasteiger partial charge is 0.407 e. The Morgan fingerprint density at radius 3 is 1.75 bits per heavy atom. The molecule has 0 aromatic heterocycles. The normalized spacial score (nSPS) is 17.7. The summed E-state index contributed by atoms with van der Waals surface area (Å²) in [5, 5.41) is 5.72. The Morgan fingerprint density at radius 1 is 0.750 bits per heavy atom. The van der Waals surface area contributed by atoms with Crippen LogP contribution in [0.3, 0.4) is 0 Å². The second kappa shape index (κ2) is 22.5. The van der Waals surface area contributed by atoms with Gasteiger partial charge in [0.15, 0.2) is 0 Å². The van der Waals surface area contributed by atoms with Crippen molar-refractivity contribution < 1.29 is 42.8 Å². The summed E-state index contributed by atoms with van der Waals surface area (Å²) >= 11 is 1.87. The first-order valence-electron chi connectivity index (χ1n) is 12.7. The third-order valence-corrected chi connectivity index (χ3v) is 6.44. The number of rotatable bonds is 21. The average Bonchev–Trinajstić information content (AvgIpc) is 2.86. The number of alkyl carbamates (subject to hydrolysis) is 1. The highest BCUT2D eigenvalue weighted by Gasteiger charge is 2.22. The maximum absolute atomic E-state index is 11.9. The summed E-state index contributed by atoms with van der Waals surface area (Å²) in [6.45, 7) is 6.94. The van der Waals surface area contributed by atoms with E-state index < -0.39 is 5.97 Å². The number of amides is 1. The van der Waals surface area contributed by atoms with Crippen molar-refractivity contribution in [2.24, 2.45) is 0 Å². The van der Waals surface area contributed by atoms with E-state index in [1.807, 2.05) is 18.7 Å². The highest BCUT2D eigenvalue weighted by Crippen LogP contribution is 2.29. The molecule has 1 saturated carbocycles. The molecular formula is C25H43NO9S. The van der Waals surface area contributed by atoms with Crippen LogP contribution in [0.2, 0.25) is 0 Å². The van der Waals surface area contributed by atoms with Gasteiger partial charge in [-0.05, 0) is 44.9 Å². The number of carbonyl (C=O) groups is 3. The minimum absolute atomic E-state index is 0.0362. The Kier molecular flexibility index (Phi) is 20.3. The molecule has 36 heavy (non-hydrogen) atoms. The van der Waals surface area contributed by atoms with E-state index in [-0.39, 0.29) is 50.6 Å². The standard InChI is InChI=1S/C25H43NO9S/c1-3-20-36-23-7-5-22(6-8-23)26-25(29)35-19-17-33-15-13-31-11-10-30-12-14-32-16-18-34-24(28)9-4-21(2)27/h3,20,22-23H,4-19H2,1-2H3,(H,26,29)/b20-3-. The summed E-state index contributed by atoms with van der Waals surface area (Å²) in [4.78, 5) is 34.0. The fourth-order valence-electron chi connectivity index (χ4n) is 3.26. The molecule has 0 spiro atoms. The number of esters is 1. The minimum Gasteiger partial charge on any atom is -0.463 e. The molecule has 0 aromatic carbocycles. The van der Waals surface area contributed by atoms with E-state index in [0.29, 0.717) is 51.5 Å². The molecule has 0 atom stereocenters. The van der Waals surface area contributed by atoms with Gasteiger partial charge in [-0.2, -0.15) is 0 Å². The molecule has 0 saturated heterocycles. The molecule has 0 unspecified atom stereocenters. The van der Waals surface area contributed by atoms with Crippen molar-refractivity contribution in [1.82, 2.24) is 5.32 Å². The van der Waals surface area contributed by atoms with Crippen molar-refractivity contribution in [3.63, 3.8) is 0 Å². The Hall–Kier alpha value is -1.66. The van der Waals surface area contributed by atoms with Crippen LogP contribution >= 0.6 is 11.8 Å². The van der Waals surface area contributed by atoms with Gasteiger partial charge in [-0.15, -0.1) is 11.8 Å². The Labute approximate surface area is 219 Å². The summed E-state index contributed by atoms with van der Waals surface area (Å²) in [5.74, 6) is -0.432. The number of hydrogen-bond acceptors (Lipinski definition) is 10. The van der Waals surface area contributed by atoms with E-state index >= 15 is 0 Å². The van der Waals surface area contributed by atoms with Crippen LogP contribution in [0, 0.1) is 0 Å². The van der Waals surface area contributed by atoms with E-state index in [0.717, 1.165) is 25.7 Å². The molecular weight excluding hydrogens is 490 g/mol. The maximum Gasteiger partial charge on any atom is 0.407 e. The van der Waals surface area contributed by atoms with Gasteiger partial charge < -0.3 is 38.5 Å². The molecule has 1 amide bonds. The van der Waals surface area contributed by atoms with Crippen molar-refractivity contribution in [2.45, 2.75) is 63.7 Å². The molecule has 11 heteroatoms. The van der Waals surface area contributed by atoms with Crippen molar-refractivity contribution >= 4 is 29.6 Å². The maximum atomic E-state index is 11.9. The summed E-state index contributed by atoms with van der Waals surface area (Å²) in [5.41, 5.74) is 0. The molecule has 0 aliphatic heterocycles. The van der Waals surface area contributed by atoms with Crippen LogP contribution < -0.4 is 5.32 Å². The lowest BCUT2D eigenvalue weighted by molar-refractivity contribution is -0.146. The molecule has 208 valence electrons. The third-order valence-electron chi connectivity index (χ3n) is 5.15. The first kappa shape index (κ1) is 32.4. The Balaban J connectivity index is 1.78. The van der Waals surface area contributed by atoms with Crippen molar-refractivity contribution in [2.75, 3.05) is 66.1 Å². The number of nitrogens with one attached hydrogen (secondary N) is 1. The number of Topliss-reactive ketones (excluding diaryl/α,β-unsaturated/α-hetero) is 1. The summed E-state index contributed by atoms with van der Waals surface area (Å²) in [7, 11) is 0. The zero-order chi connectivity index (χ0) is 26.3. The molecule has 0 radical (unpaired) electrons. The minimum atomic E-state index is -0.396. The van der Waals surface area contributed by atoms with Gasteiger partial charge >= 0.3 is 12.1 Å². The lowest BCUT2D eigenvalue weighted by Crippen LogP contribution is -2.38. The topological polar surface area (TPSA) is 119 Å². The van der Waals surface area contributed by atoms with Gasteiger partial charge in [0.2, 0.25) is 0 Å². The zero-order valence-corrected chi connectivity index (χ0v) is 22.5. The van der Waals surface area contributed by atoms with E-state index in [2.05, 4.69) is 16.8 Å². The molecule has 1 N–H and O–H groups in total. The molecule has 0 bridgehead atoms. The molecule has 0 aromatic rings. The van der Waals surface area contributed by atoms with Crippen molar-refractivity contribution in [1.29, 1.82) is 0 Å². The highest BCUT2D eigenvalue weighted by atomic mass is 32.2. The molecule has 1 rings (SSSR count). The third kappa shape index (κ3) is 19.5. The van der Waals surface area contributed by atoms with Crippen LogP contribution in [0.5, 0.6) is 0 Å². The first-order chi connectivity index (χ1) is 17.5. The first-order valence-corrected chi connectivity index (χ1v) is 13.6. The van der Waals surface area contributed by atoms with Gasteiger partial charge in [-0.25, -0.2) is 4.79 Å². The zero-order valence-electron chi connectivity index (χ0n) is 21.7. The van der Waals surface area contributed by atoms with Gasteiger partial charge in [-0.3, -0.25) is 4.79 Å². The van der Waals surface area contributed by atoms with E-state index in [9.17, 15) is 14.4 Å². The van der Waals surface area contributed by atoms with Crippen LogP contribution in [-0.4, -0.2) is 95.2 Å². The van der Waals surface area contributed by atoms with Crippen LogP contribution in [0.4, 0.5) is 4.79 Å². The predicted octanol–water partition coefficient (Wildman–Crippen LogP) is 3.27. The molecule has 0 heterocycles. The number of ether oxygens (including phenoxy) is 6. The van der Waals surface area contributed by atoms with E-state index in [1.54, 1.807) is 0 Å². The fraction of sp³-hybridized carbons (Fsp3) is 0.800.